The molecule has 0 saturated carbocycles. The van der Waals surface area contributed by atoms with Crippen molar-refractivity contribution in [3.05, 3.63) is 0 Å². The molecule has 248 valence electrons. The van der Waals surface area contributed by atoms with Gasteiger partial charge in [-0.2, -0.15) is 0 Å². The standard InChI is InChI=1S/C31H65NO9/c1-2-3-4-5-6-7-8-9-10-11-13-32(14-12-18-35-22-26-39-28-24-37-20-16-33)15-19-36-23-27-40-30-31-41-29-25-38-21-17-34/h33-34H,2-31H2,1H3. The predicted octanol–water partition coefficient (Wildman–Crippen LogP) is 3.70. The molecule has 0 unspecified atom stereocenters. The predicted molar refractivity (Wildman–Crippen MR) is 163 cm³/mol. The minimum atomic E-state index is 0.0371. The fourth-order valence-electron chi connectivity index (χ4n) is 4.17. The Morgan fingerprint density at radius 1 is 0.341 bits per heavy atom. The Balaban J connectivity index is 3.88. The number of ether oxygens (including phenoxy) is 7. The van der Waals surface area contributed by atoms with Crippen molar-refractivity contribution in [3.8, 4) is 0 Å². The van der Waals surface area contributed by atoms with Crippen molar-refractivity contribution < 1.29 is 43.4 Å². The molecule has 0 spiro atoms. The van der Waals surface area contributed by atoms with Crippen molar-refractivity contribution in [2.24, 2.45) is 0 Å². The van der Waals surface area contributed by atoms with Crippen LogP contribution in [0.1, 0.15) is 77.6 Å². The quantitative estimate of drug-likeness (QED) is 0.103. The molecule has 0 atom stereocenters. The highest BCUT2D eigenvalue weighted by atomic mass is 16.6. The SMILES string of the molecule is CCCCCCCCCCCCN(CCCOCCOCCOCCO)CCOCCOCCOCCOCCO. The molecular weight excluding hydrogens is 530 g/mol. The molecular formula is C31H65NO9. The summed E-state index contributed by atoms with van der Waals surface area (Å²) in [6.45, 7) is 12.9. The number of unbranched alkanes of at least 4 members (excludes halogenated alkanes) is 9. The maximum atomic E-state index is 8.68. The molecule has 0 fully saturated rings. The topological polar surface area (TPSA) is 108 Å². The average molecular weight is 596 g/mol. The van der Waals surface area contributed by atoms with Gasteiger partial charge in [-0.3, -0.25) is 0 Å². The van der Waals surface area contributed by atoms with Crippen LogP contribution in [0.25, 0.3) is 0 Å². The van der Waals surface area contributed by atoms with E-state index in [4.69, 9.17) is 43.4 Å². The molecule has 0 aliphatic carbocycles. The molecule has 0 aliphatic rings. The van der Waals surface area contributed by atoms with Crippen molar-refractivity contribution in [3.63, 3.8) is 0 Å². The van der Waals surface area contributed by atoms with Gasteiger partial charge in [0.15, 0.2) is 0 Å². The summed E-state index contributed by atoms with van der Waals surface area (Å²) in [6.07, 6.45) is 14.5. The normalized spacial score (nSPS) is 11.7. The Morgan fingerprint density at radius 3 is 1.12 bits per heavy atom. The zero-order valence-electron chi connectivity index (χ0n) is 26.4. The smallest absolute Gasteiger partial charge is 0.0701 e. The van der Waals surface area contributed by atoms with Crippen molar-refractivity contribution >= 4 is 0 Å². The number of rotatable bonds is 37. The van der Waals surface area contributed by atoms with Crippen LogP contribution in [-0.4, -0.2) is 140 Å². The summed E-state index contributed by atoms with van der Waals surface area (Å²) < 4.78 is 38.3. The molecule has 0 saturated heterocycles. The summed E-state index contributed by atoms with van der Waals surface area (Å²) in [5, 5.41) is 17.3. The lowest BCUT2D eigenvalue weighted by Crippen LogP contribution is -2.31. The molecule has 0 aromatic rings. The first-order valence-corrected chi connectivity index (χ1v) is 16.3. The number of hydrogen-bond donors (Lipinski definition) is 2. The number of nitrogens with zero attached hydrogens (tertiary/aromatic N) is 1. The second kappa shape index (κ2) is 37.6. The summed E-state index contributed by atoms with van der Waals surface area (Å²) in [5.41, 5.74) is 0. The Bertz CT molecular complexity index is 463. The second-order valence-corrected chi connectivity index (χ2v) is 10.1. The first-order valence-electron chi connectivity index (χ1n) is 16.3. The summed E-state index contributed by atoms with van der Waals surface area (Å²) in [4.78, 5) is 2.50. The van der Waals surface area contributed by atoms with Gasteiger partial charge < -0.3 is 48.3 Å². The number of aliphatic hydroxyl groups is 2. The summed E-state index contributed by atoms with van der Waals surface area (Å²) in [6, 6.07) is 0. The largest absolute Gasteiger partial charge is 0.394 e. The lowest BCUT2D eigenvalue weighted by Gasteiger charge is -2.22. The summed E-state index contributed by atoms with van der Waals surface area (Å²) in [5.74, 6) is 0. The van der Waals surface area contributed by atoms with Crippen LogP contribution in [0.2, 0.25) is 0 Å². The van der Waals surface area contributed by atoms with E-state index < -0.39 is 0 Å². The molecule has 0 aromatic heterocycles. The van der Waals surface area contributed by atoms with Crippen LogP contribution in [0.5, 0.6) is 0 Å². The van der Waals surface area contributed by atoms with Gasteiger partial charge in [0, 0.05) is 19.7 Å². The van der Waals surface area contributed by atoms with E-state index in [0.717, 1.165) is 32.7 Å². The maximum absolute atomic E-state index is 8.68. The van der Waals surface area contributed by atoms with Gasteiger partial charge in [-0.15, -0.1) is 0 Å². The molecule has 0 amide bonds. The van der Waals surface area contributed by atoms with E-state index in [1.54, 1.807) is 0 Å². The van der Waals surface area contributed by atoms with Gasteiger partial charge >= 0.3 is 0 Å². The third-order valence-electron chi connectivity index (χ3n) is 6.47. The highest BCUT2D eigenvalue weighted by Gasteiger charge is 2.05. The third-order valence-corrected chi connectivity index (χ3v) is 6.47. The number of aliphatic hydroxyl groups excluding tert-OH is 2. The Labute approximate surface area is 251 Å². The molecule has 2 N–H and O–H groups in total. The molecule has 0 bridgehead atoms. The van der Waals surface area contributed by atoms with E-state index in [-0.39, 0.29) is 13.2 Å². The summed E-state index contributed by atoms with van der Waals surface area (Å²) in [7, 11) is 0. The molecule has 10 nitrogen and oxygen atoms in total. The van der Waals surface area contributed by atoms with Crippen LogP contribution >= 0.6 is 0 Å². The Morgan fingerprint density at radius 2 is 0.683 bits per heavy atom. The Kier molecular flexibility index (Phi) is 37.3. The van der Waals surface area contributed by atoms with Gasteiger partial charge in [-0.25, -0.2) is 0 Å². The summed E-state index contributed by atoms with van der Waals surface area (Å²) >= 11 is 0. The van der Waals surface area contributed by atoms with Crippen LogP contribution in [0.15, 0.2) is 0 Å². The highest BCUT2D eigenvalue weighted by Crippen LogP contribution is 2.11. The minimum absolute atomic E-state index is 0.0371. The fourth-order valence-corrected chi connectivity index (χ4v) is 4.17. The van der Waals surface area contributed by atoms with Gasteiger partial charge in [-0.1, -0.05) is 64.7 Å². The van der Waals surface area contributed by atoms with Crippen LogP contribution < -0.4 is 0 Å². The average Bonchev–Trinajstić information content (AvgIpc) is 2.98. The van der Waals surface area contributed by atoms with Gasteiger partial charge in [-0.05, 0) is 19.4 Å². The van der Waals surface area contributed by atoms with E-state index in [0.29, 0.717) is 85.9 Å². The molecule has 10 heteroatoms. The van der Waals surface area contributed by atoms with Crippen molar-refractivity contribution in [1.29, 1.82) is 0 Å². The number of hydrogen-bond acceptors (Lipinski definition) is 10. The van der Waals surface area contributed by atoms with E-state index in [9.17, 15) is 0 Å². The van der Waals surface area contributed by atoms with Crippen molar-refractivity contribution in [2.75, 3.05) is 125 Å². The first-order chi connectivity index (χ1) is 20.3. The third kappa shape index (κ3) is 35.7. The van der Waals surface area contributed by atoms with Gasteiger partial charge in [0.2, 0.25) is 0 Å². The first kappa shape index (κ1) is 40.6. The molecule has 0 radical (unpaired) electrons. The Hall–Kier alpha value is -0.400. The van der Waals surface area contributed by atoms with Crippen LogP contribution in [0.3, 0.4) is 0 Å². The van der Waals surface area contributed by atoms with E-state index in [1.165, 1.54) is 64.2 Å². The van der Waals surface area contributed by atoms with Crippen LogP contribution in [-0.2, 0) is 33.2 Å². The van der Waals surface area contributed by atoms with Crippen LogP contribution in [0, 0.1) is 0 Å². The van der Waals surface area contributed by atoms with Gasteiger partial charge in [0.1, 0.15) is 0 Å². The second-order valence-electron chi connectivity index (χ2n) is 10.1. The van der Waals surface area contributed by atoms with Gasteiger partial charge in [0.05, 0.1) is 99.1 Å². The molecule has 0 heterocycles. The minimum Gasteiger partial charge on any atom is -0.394 e. The zero-order chi connectivity index (χ0) is 29.7. The van der Waals surface area contributed by atoms with E-state index in [2.05, 4.69) is 11.8 Å². The molecule has 41 heavy (non-hydrogen) atoms. The van der Waals surface area contributed by atoms with Crippen LogP contribution in [0.4, 0.5) is 0 Å². The molecule has 0 aromatic carbocycles. The molecule has 0 aliphatic heterocycles. The highest BCUT2D eigenvalue weighted by molar-refractivity contribution is 4.59. The fraction of sp³-hybridized carbons (Fsp3) is 1.00. The zero-order valence-corrected chi connectivity index (χ0v) is 26.4. The monoisotopic (exact) mass is 595 g/mol. The van der Waals surface area contributed by atoms with Crippen molar-refractivity contribution in [1.82, 2.24) is 4.90 Å². The van der Waals surface area contributed by atoms with Gasteiger partial charge in [0.25, 0.3) is 0 Å². The van der Waals surface area contributed by atoms with E-state index >= 15 is 0 Å². The molecule has 0 rings (SSSR count). The van der Waals surface area contributed by atoms with E-state index in [1.807, 2.05) is 0 Å². The maximum Gasteiger partial charge on any atom is 0.0701 e. The lowest BCUT2D eigenvalue weighted by atomic mass is 10.1. The lowest BCUT2D eigenvalue weighted by molar-refractivity contribution is -0.00769. The van der Waals surface area contributed by atoms with Crippen molar-refractivity contribution in [2.45, 2.75) is 77.6 Å².